The van der Waals surface area contributed by atoms with E-state index in [1.165, 1.54) is 24.0 Å². The molecule has 5 rings (SSSR count). The number of fused-ring (bicyclic) bond motifs is 2. The molecule has 0 amide bonds. The van der Waals surface area contributed by atoms with E-state index in [4.69, 9.17) is 9.47 Å². The van der Waals surface area contributed by atoms with Crippen molar-refractivity contribution in [2.75, 3.05) is 26.2 Å². The van der Waals surface area contributed by atoms with Gasteiger partial charge in [0, 0.05) is 24.2 Å². The van der Waals surface area contributed by atoms with Crippen LogP contribution in [0.15, 0.2) is 48.7 Å². The summed E-state index contributed by atoms with van der Waals surface area (Å²) in [7, 11) is 0. The molecule has 3 aromatic rings. The highest BCUT2D eigenvalue weighted by Crippen LogP contribution is 2.34. The van der Waals surface area contributed by atoms with Gasteiger partial charge in [-0.2, -0.15) is 5.26 Å². The van der Waals surface area contributed by atoms with E-state index in [-0.39, 0.29) is 6.61 Å². The molecule has 162 valence electrons. The number of aliphatic hydroxyl groups excluding tert-OH is 1. The van der Waals surface area contributed by atoms with Crippen molar-refractivity contribution in [3.8, 4) is 23.3 Å². The van der Waals surface area contributed by atoms with E-state index in [1.807, 2.05) is 12.1 Å². The van der Waals surface area contributed by atoms with Crippen molar-refractivity contribution in [3.05, 3.63) is 65.4 Å². The second-order valence-electron chi connectivity index (χ2n) is 8.33. The molecule has 1 aliphatic carbocycles. The molecule has 6 heteroatoms. The minimum absolute atomic E-state index is 0.134. The first-order valence-corrected chi connectivity index (χ1v) is 11.0. The number of aromatic nitrogens is 1. The number of nitrogens with zero attached hydrogens (tertiary/aromatic N) is 3. The lowest BCUT2D eigenvalue weighted by atomic mass is 10.1. The number of likely N-dealkylation sites (tertiary alicyclic amines) is 1. The summed E-state index contributed by atoms with van der Waals surface area (Å²) in [5.74, 6) is 1.80. The molecule has 0 saturated carbocycles. The molecule has 0 bridgehead atoms. The summed E-state index contributed by atoms with van der Waals surface area (Å²) in [6.45, 7) is 2.75. The number of rotatable bonds is 7. The quantitative estimate of drug-likeness (QED) is 0.606. The fraction of sp³-hybridized carbons (Fsp3) is 0.308. The number of pyridine rings is 1. The number of benzene rings is 2. The van der Waals surface area contributed by atoms with Crippen molar-refractivity contribution in [1.82, 2.24) is 9.88 Å². The molecule has 1 aromatic heterocycles. The standard InChI is InChI=1S/C26H25N3O3/c27-15-20-13-23-24(14-26(20)31-17-21(30)16-29-10-1-2-11-29)28-9-8-25(23)32-22-7-6-18-4-3-5-19(18)12-22/h3,5-9,12-14,21,30H,1-2,4,10-11,16-17H2/t21-/m1/s1. The van der Waals surface area contributed by atoms with E-state index in [2.05, 4.69) is 34.2 Å². The van der Waals surface area contributed by atoms with Gasteiger partial charge in [-0.3, -0.25) is 4.98 Å². The van der Waals surface area contributed by atoms with Crippen LogP contribution in [-0.4, -0.2) is 47.3 Å². The lowest BCUT2D eigenvalue weighted by Gasteiger charge is -2.20. The van der Waals surface area contributed by atoms with Crippen LogP contribution in [0.5, 0.6) is 17.2 Å². The first-order valence-electron chi connectivity index (χ1n) is 11.0. The molecule has 1 saturated heterocycles. The Labute approximate surface area is 187 Å². The van der Waals surface area contributed by atoms with Gasteiger partial charge in [-0.05, 0) is 67.7 Å². The zero-order valence-electron chi connectivity index (χ0n) is 17.8. The summed E-state index contributed by atoms with van der Waals surface area (Å²) < 4.78 is 12.0. The summed E-state index contributed by atoms with van der Waals surface area (Å²) in [6.07, 6.45) is 8.62. The zero-order valence-corrected chi connectivity index (χ0v) is 17.8. The molecule has 2 aliphatic rings. The number of nitriles is 1. The summed E-state index contributed by atoms with van der Waals surface area (Å²) in [5, 5.41) is 20.8. The van der Waals surface area contributed by atoms with E-state index in [0.717, 1.165) is 30.6 Å². The highest BCUT2D eigenvalue weighted by Gasteiger charge is 2.18. The molecule has 6 nitrogen and oxygen atoms in total. The molecule has 1 N–H and O–H groups in total. The Hall–Kier alpha value is -3.40. The van der Waals surface area contributed by atoms with Gasteiger partial charge in [0.25, 0.3) is 0 Å². The molecule has 0 unspecified atom stereocenters. The Bertz CT molecular complexity index is 1210. The first kappa shape index (κ1) is 20.5. The van der Waals surface area contributed by atoms with Crippen LogP contribution in [0.2, 0.25) is 0 Å². The highest BCUT2D eigenvalue weighted by atomic mass is 16.5. The van der Waals surface area contributed by atoms with Gasteiger partial charge in [-0.25, -0.2) is 0 Å². The van der Waals surface area contributed by atoms with Crippen LogP contribution in [0.3, 0.4) is 0 Å². The Morgan fingerprint density at radius 1 is 1.12 bits per heavy atom. The summed E-state index contributed by atoms with van der Waals surface area (Å²) in [6, 6.07) is 13.5. The molecule has 0 radical (unpaired) electrons. The third-order valence-corrected chi connectivity index (χ3v) is 6.00. The molecule has 1 aliphatic heterocycles. The molecule has 0 spiro atoms. The van der Waals surface area contributed by atoms with E-state index in [9.17, 15) is 10.4 Å². The third kappa shape index (κ3) is 4.31. The van der Waals surface area contributed by atoms with Crippen LogP contribution >= 0.6 is 0 Å². The molecule has 2 heterocycles. The highest BCUT2D eigenvalue weighted by molar-refractivity contribution is 5.88. The second kappa shape index (κ2) is 8.99. The average Bonchev–Trinajstić information content (AvgIpc) is 3.49. The largest absolute Gasteiger partial charge is 0.489 e. The predicted octanol–water partition coefficient (Wildman–Crippen LogP) is 4.30. The summed E-state index contributed by atoms with van der Waals surface area (Å²) in [5.41, 5.74) is 3.52. The Balaban J connectivity index is 1.36. The topological polar surface area (TPSA) is 78.6 Å². The van der Waals surface area contributed by atoms with Crippen LogP contribution in [-0.2, 0) is 6.42 Å². The van der Waals surface area contributed by atoms with Gasteiger partial charge in [0.1, 0.15) is 36.0 Å². The van der Waals surface area contributed by atoms with Crippen molar-refractivity contribution < 1.29 is 14.6 Å². The fourth-order valence-corrected chi connectivity index (χ4v) is 4.36. The van der Waals surface area contributed by atoms with Gasteiger partial charge in [0.15, 0.2) is 0 Å². The monoisotopic (exact) mass is 427 g/mol. The number of hydrogen-bond acceptors (Lipinski definition) is 6. The number of aliphatic hydroxyl groups is 1. The number of hydrogen-bond donors (Lipinski definition) is 1. The smallest absolute Gasteiger partial charge is 0.139 e. The summed E-state index contributed by atoms with van der Waals surface area (Å²) >= 11 is 0. The second-order valence-corrected chi connectivity index (χ2v) is 8.33. The van der Waals surface area contributed by atoms with Crippen molar-refractivity contribution >= 4 is 17.0 Å². The molecule has 1 atom stereocenters. The van der Waals surface area contributed by atoms with E-state index < -0.39 is 6.10 Å². The van der Waals surface area contributed by atoms with Gasteiger partial charge in [0.05, 0.1) is 11.1 Å². The van der Waals surface area contributed by atoms with Crippen molar-refractivity contribution in [2.45, 2.75) is 25.4 Å². The number of β-amino-alcohol motifs (C(OH)–C–C–N with tert-alkyl or cyclic N) is 1. The van der Waals surface area contributed by atoms with Crippen molar-refractivity contribution in [3.63, 3.8) is 0 Å². The summed E-state index contributed by atoms with van der Waals surface area (Å²) in [4.78, 5) is 6.67. The van der Waals surface area contributed by atoms with E-state index in [1.54, 1.807) is 24.4 Å². The first-order chi connectivity index (χ1) is 15.7. The minimum Gasteiger partial charge on any atom is -0.489 e. The Kier molecular flexibility index (Phi) is 5.76. The molecule has 2 aromatic carbocycles. The maximum atomic E-state index is 10.3. The molecular formula is C26H25N3O3. The van der Waals surface area contributed by atoms with Crippen LogP contribution < -0.4 is 9.47 Å². The van der Waals surface area contributed by atoms with Gasteiger partial charge in [0.2, 0.25) is 0 Å². The SMILES string of the molecule is N#Cc1cc2c(Oc3ccc4c(c3)C=CC4)ccnc2cc1OC[C@H](O)CN1CCCC1. The van der Waals surface area contributed by atoms with Gasteiger partial charge < -0.3 is 19.5 Å². The normalized spacial score (nSPS) is 16.1. The number of allylic oxidation sites excluding steroid dienone is 1. The van der Waals surface area contributed by atoms with Crippen molar-refractivity contribution in [2.24, 2.45) is 0 Å². The Morgan fingerprint density at radius 3 is 2.84 bits per heavy atom. The van der Waals surface area contributed by atoms with Crippen LogP contribution in [0, 0.1) is 11.3 Å². The number of ether oxygens (including phenoxy) is 2. The lowest BCUT2D eigenvalue weighted by molar-refractivity contribution is 0.0758. The zero-order chi connectivity index (χ0) is 21.9. The maximum absolute atomic E-state index is 10.3. The van der Waals surface area contributed by atoms with Crippen LogP contribution in [0.25, 0.3) is 17.0 Å². The van der Waals surface area contributed by atoms with Gasteiger partial charge in [-0.1, -0.05) is 18.2 Å². The van der Waals surface area contributed by atoms with E-state index in [0.29, 0.717) is 29.1 Å². The van der Waals surface area contributed by atoms with Gasteiger partial charge in [-0.15, -0.1) is 0 Å². The fourth-order valence-electron chi connectivity index (χ4n) is 4.36. The average molecular weight is 428 g/mol. The maximum Gasteiger partial charge on any atom is 0.139 e. The molecule has 32 heavy (non-hydrogen) atoms. The third-order valence-electron chi connectivity index (χ3n) is 6.00. The van der Waals surface area contributed by atoms with Crippen molar-refractivity contribution in [1.29, 1.82) is 5.26 Å². The van der Waals surface area contributed by atoms with Crippen LogP contribution in [0.4, 0.5) is 0 Å². The Morgan fingerprint density at radius 2 is 2.00 bits per heavy atom. The van der Waals surface area contributed by atoms with E-state index >= 15 is 0 Å². The molecule has 1 fully saturated rings. The molecular weight excluding hydrogens is 402 g/mol. The minimum atomic E-state index is -0.605. The lowest BCUT2D eigenvalue weighted by Crippen LogP contribution is -2.33. The predicted molar refractivity (Wildman–Crippen MR) is 123 cm³/mol. The van der Waals surface area contributed by atoms with Gasteiger partial charge >= 0.3 is 0 Å². The van der Waals surface area contributed by atoms with Crippen LogP contribution in [0.1, 0.15) is 29.5 Å².